The summed E-state index contributed by atoms with van der Waals surface area (Å²) in [4.78, 5) is 7.33. The monoisotopic (exact) mass is 251 g/mol. The van der Waals surface area contributed by atoms with Gasteiger partial charge in [0.25, 0.3) is 0 Å². The molecule has 0 amide bonds. The molecule has 17 heavy (non-hydrogen) atoms. The molecular formula is C12H11ClFN3. The number of benzene rings is 1. The molecule has 1 atom stereocenters. The van der Waals surface area contributed by atoms with E-state index in [9.17, 15) is 4.39 Å². The van der Waals surface area contributed by atoms with Crippen molar-refractivity contribution in [1.82, 2.24) is 9.97 Å². The number of rotatable bonds is 3. The highest BCUT2D eigenvalue weighted by Gasteiger charge is 2.07. The average Bonchev–Trinajstić information content (AvgIpc) is 2.29. The fourth-order valence-electron chi connectivity index (χ4n) is 1.49. The zero-order valence-electron chi connectivity index (χ0n) is 9.19. The molecule has 0 saturated heterocycles. The number of hydrogen-bond acceptors (Lipinski definition) is 3. The summed E-state index contributed by atoms with van der Waals surface area (Å²) >= 11 is 5.90. The number of aromatic nitrogens is 2. The quantitative estimate of drug-likeness (QED) is 0.849. The second-order valence-corrected chi connectivity index (χ2v) is 4.08. The molecule has 0 radical (unpaired) electrons. The first-order chi connectivity index (χ1) is 8.15. The highest BCUT2D eigenvalue weighted by Crippen LogP contribution is 2.20. The predicted octanol–water partition coefficient (Wildman–Crippen LogP) is 3.44. The first kappa shape index (κ1) is 11.8. The van der Waals surface area contributed by atoms with Crippen LogP contribution in [0.3, 0.4) is 0 Å². The van der Waals surface area contributed by atoms with Gasteiger partial charge in [0.15, 0.2) is 0 Å². The Balaban J connectivity index is 2.14. The van der Waals surface area contributed by atoms with Crippen LogP contribution in [0, 0.1) is 5.95 Å². The smallest absolute Gasteiger partial charge is 0.217 e. The van der Waals surface area contributed by atoms with Crippen LogP contribution in [-0.2, 0) is 0 Å². The van der Waals surface area contributed by atoms with E-state index in [-0.39, 0.29) is 6.04 Å². The van der Waals surface area contributed by atoms with Gasteiger partial charge in [0, 0.05) is 17.1 Å². The maximum absolute atomic E-state index is 12.9. The highest BCUT2D eigenvalue weighted by atomic mass is 35.5. The van der Waals surface area contributed by atoms with Crippen molar-refractivity contribution >= 4 is 17.4 Å². The summed E-state index contributed by atoms with van der Waals surface area (Å²) in [7, 11) is 0. The molecule has 88 valence electrons. The maximum Gasteiger partial charge on any atom is 0.217 e. The summed E-state index contributed by atoms with van der Waals surface area (Å²) in [6.45, 7) is 1.95. The van der Waals surface area contributed by atoms with Crippen LogP contribution in [0.5, 0.6) is 0 Å². The molecule has 1 aromatic heterocycles. The van der Waals surface area contributed by atoms with Crippen LogP contribution in [0.15, 0.2) is 36.7 Å². The van der Waals surface area contributed by atoms with E-state index in [0.29, 0.717) is 10.8 Å². The van der Waals surface area contributed by atoms with Crippen LogP contribution in [0.4, 0.5) is 10.2 Å². The number of anilines is 1. The summed E-state index contributed by atoms with van der Waals surface area (Å²) in [6.07, 6.45) is 1.18. The van der Waals surface area contributed by atoms with Crippen LogP contribution in [0.2, 0.25) is 5.02 Å². The van der Waals surface area contributed by atoms with Crippen molar-refractivity contribution in [3.8, 4) is 0 Å². The largest absolute Gasteiger partial charge is 0.363 e. The molecule has 5 heteroatoms. The lowest BCUT2D eigenvalue weighted by atomic mass is 10.1. The third-order valence-electron chi connectivity index (χ3n) is 2.35. The third kappa shape index (κ3) is 3.14. The average molecular weight is 252 g/mol. The van der Waals surface area contributed by atoms with E-state index in [1.54, 1.807) is 0 Å². The Bertz CT molecular complexity index is 519. The summed E-state index contributed by atoms with van der Waals surface area (Å²) in [5.41, 5.74) is 1.01. The number of halogens is 2. The lowest BCUT2D eigenvalue weighted by Gasteiger charge is -2.14. The summed E-state index contributed by atoms with van der Waals surface area (Å²) < 4.78 is 12.9. The van der Waals surface area contributed by atoms with Gasteiger partial charge < -0.3 is 5.32 Å². The SMILES string of the molecule is CC(Nc1cc(F)ncn1)c1cccc(Cl)c1. The Labute approximate surface area is 104 Å². The van der Waals surface area contributed by atoms with Gasteiger partial charge in [0.1, 0.15) is 12.1 Å². The molecule has 0 aliphatic rings. The fourth-order valence-corrected chi connectivity index (χ4v) is 1.69. The number of hydrogen-bond donors (Lipinski definition) is 1. The molecule has 1 heterocycles. The second-order valence-electron chi connectivity index (χ2n) is 3.65. The van der Waals surface area contributed by atoms with Crippen molar-refractivity contribution in [2.24, 2.45) is 0 Å². The third-order valence-corrected chi connectivity index (χ3v) is 2.58. The minimum Gasteiger partial charge on any atom is -0.363 e. The predicted molar refractivity (Wildman–Crippen MR) is 65.5 cm³/mol. The molecule has 0 aliphatic heterocycles. The second kappa shape index (κ2) is 5.10. The molecule has 1 N–H and O–H groups in total. The van der Waals surface area contributed by atoms with Gasteiger partial charge >= 0.3 is 0 Å². The van der Waals surface area contributed by atoms with Crippen molar-refractivity contribution in [3.63, 3.8) is 0 Å². The van der Waals surface area contributed by atoms with Gasteiger partial charge in [0.05, 0.1) is 0 Å². The topological polar surface area (TPSA) is 37.8 Å². The molecular weight excluding hydrogens is 241 g/mol. The Hall–Kier alpha value is -1.68. The van der Waals surface area contributed by atoms with Crippen LogP contribution in [0.25, 0.3) is 0 Å². The van der Waals surface area contributed by atoms with E-state index >= 15 is 0 Å². The van der Waals surface area contributed by atoms with E-state index in [0.717, 1.165) is 5.56 Å². The minimum absolute atomic E-state index is 0.0111. The Kier molecular flexibility index (Phi) is 3.54. The van der Waals surface area contributed by atoms with E-state index in [4.69, 9.17) is 11.6 Å². The standard InChI is InChI=1S/C12H11ClFN3/c1-8(9-3-2-4-10(13)5-9)17-12-6-11(14)15-7-16-12/h2-8H,1H3,(H,15,16,17). The Morgan fingerprint density at radius 2 is 2.12 bits per heavy atom. The fraction of sp³-hybridized carbons (Fsp3) is 0.167. The van der Waals surface area contributed by atoms with E-state index < -0.39 is 5.95 Å². The van der Waals surface area contributed by atoms with Gasteiger partial charge in [-0.3, -0.25) is 0 Å². The van der Waals surface area contributed by atoms with Crippen molar-refractivity contribution in [2.45, 2.75) is 13.0 Å². The van der Waals surface area contributed by atoms with E-state index in [1.807, 2.05) is 31.2 Å². The van der Waals surface area contributed by atoms with Gasteiger partial charge in [-0.05, 0) is 24.6 Å². The summed E-state index contributed by atoms with van der Waals surface area (Å²) in [6, 6.07) is 8.72. The Morgan fingerprint density at radius 3 is 2.82 bits per heavy atom. The van der Waals surface area contributed by atoms with Crippen LogP contribution < -0.4 is 5.32 Å². The molecule has 0 aliphatic carbocycles. The number of nitrogens with one attached hydrogen (secondary N) is 1. The zero-order valence-corrected chi connectivity index (χ0v) is 9.95. The molecule has 0 spiro atoms. The molecule has 1 unspecified atom stereocenters. The molecule has 0 saturated carbocycles. The van der Waals surface area contributed by atoms with E-state index in [1.165, 1.54) is 12.4 Å². The van der Waals surface area contributed by atoms with Crippen molar-refractivity contribution in [2.75, 3.05) is 5.32 Å². The normalized spacial score (nSPS) is 12.2. The van der Waals surface area contributed by atoms with Crippen LogP contribution in [-0.4, -0.2) is 9.97 Å². The van der Waals surface area contributed by atoms with Crippen LogP contribution in [0.1, 0.15) is 18.5 Å². The molecule has 3 nitrogen and oxygen atoms in total. The lowest BCUT2D eigenvalue weighted by molar-refractivity contribution is 0.579. The molecule has 0 bridgehead atoms. The number of nitrogens with zero attached hydrogens (tertiary/aromatic N) is 2. The van der Waals surface area contributed by atoms with Gasteiger partial charge in [-0.15, -0.1) is 0 Å². The Morgan fingerprint density at radius 1 is 1.29 bits per heavy atom. The van der Waals surface area contributed by atoms with Crippen LogP contribution >= 0.6 is 11.6 Å². The highest BCUT2D eigenvalue weighted by molar-refractivity contribution is 6.30. The van der Waals surface area contributed by atoms with Gasteiger partial charge in [-0.2, -0.15) is 4.39 Å². The van der Waals surface area contributed by atoms with Gasteiger partial charge in [-0.25, -0.2) is 9.97 Å². The summed E-state index contributed by atoms with van der Waals surface area (Å²) in [5, 5.41) is 3.75. The van der Waals surface area contributed by atoms with Crippen molar-refractivity contribution in [1.29, 1.82) is 0 Å². The first-order valence-electron chi connectivity index (χ1n) is 5.14. The maximum atomic E-state index is 12.9. The van der Waals surface area contributed by atoms with Gasteiger partial charge in [-0.1, -0.05) is 23.7 Å². The minimum atomic E-state index is -0.555. The molecule has 0 fully saturated rings. The van der Waals surface area contributed by atoms with Gasteiger partial charge in [0.2, 0.25) is 5.95 Å². The van der Waals surface area contributed by atoms with Crippen molar-refractivity contribution in [3.05, 3.63) is 53.2 Å². The summed E-state index contributed by atoms with van der Waals surface area (Å²) in [5.74, 6) is -0.106. The lowest BCUT2D eigenvalue weighted by Crippen LogP contribution is -2.08. The molecule has 2 aromatic rings. The van der Waals surface area contributed by atoms with E-state index in [2.05, 4.69) is 15.3 Å². The zero-order chi connectivity index (χ0) is 12.3. The molecule has 1 aromatic carbocycles. The first-order valence-corrected chi connectivity index (χ1v) is 5.52. The molecule has 2 rings (SSSR count). The van der Waals surface area contributed by atoms with Crippen molar-refractivity contribution < 1.29 is 4.39 Å².